The zero-order valence-corrected chi connectivity index (χ0v) is 37.5. The van der Waals surface area contributed by atoms with Crippen LogP contribution in [0.3, 0.4) is 0 Å². The molecule has 2 N–H and O–H groups in total. The Balaban J connectivity index is 0.00000214. The fraction of sp³-hybridized carbons (Fsp3) is 0.240. The molecule has 0 spiro atoms. The molecule has 0 aliphatic heterocycles. The number of phenols is 2. The van der Waals surface area contributed by atoms with E-state index in [2.05, 4.69) is 100 Å². The van der Waals surface area contributed by atoms with E-state index in [1.165, 1.54) is 48.8 Å². The van der Waals surface area contributed by atoms with Gasteiger partial charge in [-0.2, -0.15) is 0 Å². The summed E-state index contributed by atoms with van der Waals surface area (Å²) in [4.78, 5) is 24.6. The van der Waals surface area contributed by atoms with Crippen molar-refractivity contribution < 1.29 is 30.6 Å². The molecule has 0 unspecified atom stereocenters. The van der Waals surface area contributed by atoms with Gasteiger partial charge in [-0.05, 0) is 134 Å². The summed E-state index contributed by atoms with van der Waals surface area (Å²) in [7, 11) is 0. The van der Waals surface area contributed by atoms with Crippen molar-refractivity contribution in [1.29, 1.82) is 0 Å². The molecule has 61 heavy (non-hydrogen) atoms. The van der Waals surface area contributed by atoms with Crippen molar-refractivity contribution in [1.82, 2.24) is 0 Å². The van der Waals surface area contributed by atoms with E-state index in [0.717, 1.165) is 20.9 Å². The Hall–Kier alpha value is -3.76. The van der Waals surface area contributed by atoms with Crippen molar-refractivity contribution >= 4 is 80.4 Å². The molecule has 11 heteroatoms. The Kier molecular flexibility index (Phi) is 20.2. The van der Waals surface area contributed by atoms with Crippen LogP contribution in [0.1, 0.15) is 71.9 Å². The standard InChI is InChI=1S/C45H38N2O2S6.5CH4.Pd/c1-27-5-11-37(50-27)39-15-13-35(52-39)29-7-9-33(48)31(21-29)23-46-25-45(3,4)26-47-24-32-22-30(8-10-34(32)49)36-14-16-41(53-36)42-19-20-44(55-42)43-18-17-40(54-43)38-12-6-28(2)51-38;;;;;;/h5-24,48-49H,25-26H2,1-4H3;5*1H4;. The number of phenolic OH excluding ortho intramolecular Hbond substituents is 2. The smallest absolute Gasteiger partial charge is 0.124 e. The Bertz CT molecular complexity index is 2670. The molecule has 0 bridgehead atoms. The first-order chi connectivity index (χ1) is 26.6. The van der Waals surface area contributed by atoms with Gasteiger partial charge in [-0.15, -0.1) is 68.0 Å². The van der Waals surface area contributed by atoms with Crippen molar-refractivity contribution in [3.05, 3.63) is 130 Å². The van der Waals surface area contributed by atoms with Crippen LogP contribution in [0.5, 0.6) is 11.5 Å². The van der Waals surface area contributed by atoms with Gasteiger partial charge in [0.2, 0.25) is 0 Å². The second kappa shape index (κ2) is 23.1. The summed E-state index contributed by atoms with van der Waals surface area (Å²) in [6.07, 6.45) is 3.52. The van der Waals surface area contributed by atoms with Crippen molar-refractivity contribution in [3.63, 3.8) is 0 Å². The van der Waals surface area contributed by atoms with Gasteiger partial charge in [0.25, 0.3) is 0 Å². The van der Waals surface area contributed by atoms with Gasteiger partial charge in [0, 0.05) is 121 Å². The van der Waals surface area contributed by atoms with Gasteiger partial charge in [-0.25, -0.2) is 0 Å². The van der Waals surface area contributed by atoms with E-state index in [0.29, 0.717) is 24.2 Å². The first-order valence-corrected chi connectivity index (χ1v) is 22.7. The maximum atomic E-state index is 10.7. The van der Waals surface area contributed by atoms with Gasteiger partial charge < -0.3 is 10.2 Å². The van der Waals surface area contributed by atoms with Crippen LogP contribution in [0.25, 0.3) is 59.9 Å². The molecule has 6 aromatic heterocycles. The summed E-state index contributed by atoms with van der Waals surface area (Å²) in [6, 6.07) is 37.7. The number of nitrogens with zero attached hydrogens (tertiary/aromatic N) is 2. The topological polar surface area (TPSA) is 65.2 Å². The molecule has 8 aromatic rings. The zero-order chi connectivity index (χ0) is 38.1. The number of thiophene rings is 6. The molecule has 6 heterocycles. The van der Waals surface area contributed by atoms with Crippen molar-refractivity contribution in [2.45, 2.75) is 64.8 Å². The quantitative estimate of drug-likeness (QED) is 0.0946. The third-order valence-electron chi connectivity index (χ3n) is 9.00. The van der Waals surface area contributed by atoms with Crippen LogP contribution in [0.4, 0.5) is 0 Å². The monoisotopic (exact) mass is 1020 g/mol. The van der Waals surface area contributed by atoms with Gasteiger partial charge >= 0.3 is 0 Å². The molecular weight excluding hydrogens is 959 g/mol. The van der Waals surface area contributed by atoms with E-state index in [1.54, 1.807) is 58.6 Å². The molecule has 8 rings (SSSR count). The van der Waals surface area contributed by atoms with Gasteiger partial charge in [-0.1, -0.05) is 51.0 Å². The second-order valence-electron chi connectivity index (χ2n) is 14.1. The number of aromatic hydroxyl groups is 2. The minimum absolute atomic E-state index is 0. The van der Waals surface area contributed by atoms with Crippen molar-refractivity contribution in [2.24, 2.45) is 15.4 Å². The molecular formula is C50H58N2O2PdS6. The van der Waals surface area contributed by atoms with Crippen molar-refractivity contribution in [3.8, 4) is 71.4 Å². The number of aliphatic imine (C=N–C) groups is 2. The predicted molar refractivity (Wildman–Crippen MR) is 278 cm³/mol. The summed E-state index contributed by atoms with van der Waals surface area (Å²) in [5, 5.41) is 21.3. The fourth-order valence-corrected chi connectivity index (χ4v) is 12.2. The van der Waals surface area contributed by atoms with E-state index in [9.17, 15) is 10.2 Å². The number of hydrogen-bond acceptors (Lipinski definition) is 10. The minimum atomic E-state index is -0.231. The summed E-state index contributed by atoms with van der Waals surface area (Å²) in [6.45, 7) is 9.59. The summed E-state index contributed by atoms with van der Waals surface area (Å²) < 4.78 is 0. The molecule has 0 aliphatic rings. The van der Waals surface area contributed by atoms with Crippen LogP contribution < -0.4 is 0 Å². The Labute approximate surface area is 402 Å². The molecule has 0 aliphatic carbocycles. The first kappa shape index (κ1) is 53.4. The first-order valence-electron chi connectivity index (χ1n) is 17.8. The summed E-state index contributed by atoms with van der Waals surface area (Å²) in [5.74, 6) is 0.411. The fourth-order valence-electron chi connectivity index (χ4n) is 6.04. The Morgan fingerprint density at radius 1 is 0.426 bits per heavy atom. The van der Waals surface area contributed by atoms with E-state index < -0.39 is 0 Å². The van der Waals surface area contributed by atoms with E-state index >= 15 is 0 Å². The molecule has 0 radical (unpaired) electrons. The van der Waals surface area contributed by atoms with E-state index in [4.69, 9.17) is 9.98 Å². The third kappa shape index (κ3) is 12.7. The molecule has 0 saturated heterocycles. The largest absolute Gasteiger partial charge is 0.507 e. The van der Waals surface area contributed by atoms with Crippen LogP contribution in [-0.2, 0) is 20.4 Å². The molecule has 0 fully saturated rings. The number of hydrogen-bond donors (Lipinski definition) is 2. The third-order valence-corrected chi connectivity index (χ3v) is 16.2. The van der Waals surface area contributed by atoms with E-state index in [-0.39, 0.29) is 74.5 Å². The molecule has 2 aromatic carbocycles. The molecule has 326 valence electrons. The van der Waals surface area contributed by atoms with Crippen LogP contribution >= 0.6 is 68.0 Å². The molecule has 0 saturated carbocycles. The maximum absolute atomic E-state index is 10.7. The Morgan fingerprint density at radius 3 is 1.02 bits per heavy atom. The summed E-state index contributed by atoms with van der Waals surface area (Å²) in [5.41, 5.74) is 3.25. The Morgan fingerprint density at radius 2 is 0.705 bits per heavy atom. The number of aryl methyl sites for hydroxylation is 2. The molecule has 0 atom stereocenters. The van der Waals surface area contributed by atoms with Gasteiger partial charge in [0.05, 0.1) is 0 Å². The molecule has 0 amide bonds. The van der Waals surface area contributed by atoms with Crippen LogP contribution in [-0.4, -0.2) is 35.7 Å². The van der Waals surface area contributed by atoms with Crippen LogP contribution in [0, 0.1) is 19.3 Å². The van der Waals surface area contributed by atoms with Crippen LogP contribution in [0.15, 0.2) is 119 Å². The average Bonchev–Trinajstić information content (AvgIpc) is 4.01. The minimum Gasteiger partial charge on any atom is -0.507 e. The van der Waals surface area contributed by atoms with Gasteiger partial charge in [0.15, 0.2) is 0 Å². The molecule has 4 nitrogen and oxygen atoms in total. The van der Waals surface area contributed by atoms with Crippen molar-refractivity contribution in [2.75, 3.05) is 13.1 Å². The second-order valence-corrected chi connectivity index (χ2v) is 21.0. The SMILES string of the molecule is C.C.C.C.C.Cc1ccc(-c2ccc(-c3ccc(O)c(C=NCC(C)(C)CN=Cc4cc(-c5ccc(-c6ccc(-c7ccc(-c8ccc(C)s8)s7)s6)s5)ccc4O)c3)s2)s1.[Pd]. The maximum Gasteiger partial charge on any atom is 0.124 e. The number of rotatable bonds is 12. The normalized spacial score (nSPS) is 11.0. The van der Waals surface area contributed by atoms with Gasteiger partial charge in [0.1, 0.15) is 11.5 Å². The van der Waals surface area contributed by atoms with Crippen LogP contribution in [0.2, 0.25) is 0 Å². The average molecular weight is 1020 g/mol. The van der Waals surface area contributed by atoms with Gasteiger partial charge in [-0.3, -0.25) is 9.98 Å². The number of benzene rings is 2. The zero-order valence-electron chi connectivity index (χ0n) is 31.0. The predicted octanol–water partition coefficient (Wildman–Crippen LogP) is 17.8. The van der Waals surface area contributed by atoms with E-state index in [1.807, 2.05) is 58.3 Å². The summed E-state index contributed by atoms with van der Waals surface area (Å²) >= 11 is 10.8.